The molecule has 0 spiro atoms. The van der Waals surface area contributed by atoms with Crippen molar-refractivity contribution in [3.05, 3.63) is 29.3 Å². The van der Waals surface area contributed by atoms with Gasteiger partial charge in [-0.05, 0) is 42.4 Å². The maximum Gasteiger partial charge on any atom is 0.220 e. The minimum Gasteiger partial charge on any atom is -0.356 e. The van der Waals surface area contributed by atoms with Crippen LogP contribution in [-0.4, -0.2) is 26.6 Å². The molecule has 116 valence electrons. The number of rotatable bonds is 5. The van der Waals surface area contributed by atoms with Gasteiger partial charge in [-0.2, -0.15) is 0 Å². The molecule has 0 unspecified atom stereocenters. The number of carbonyl (C=O) groups excluding carboxylic acids is 1. The summed E-state index contributed by atoms with van der Waals surface area (Å²) < 4.78 is 23.9. The Morgan fingerprint density at radius 1 is 1.33 bits per heavy atom. The number of sulfone groups is 1. The van der Waals surface area contributed by atoms with E-state index < -0.39 is 9.84 Å². The van der Waals surface area contributed by atoms with E-state index in [1.54, 1.807) is 6.07 Å². The molecule has 1 aromatic rings. The molecule has 1 amide bonds. The van der Waals surface area contributed by atoms with Crippen molar-refractivity contribution in [2.24, 2.45) is 5.92 Å². The van der Waals surface area contributed by atoms with Crippen molar-refractivity contribution in [1.82, 2.24) is 5.32 Å². The van der Waals surface area contributed by atoms with E-state index in [0.717, 1.165) is 24.0 Å². The van der Waals surface area contributed by atoms with E-state index in [0.29, 0.717) is 30.2 Å². The van der Waals surface area contributed by atoms with Crippen molar-refractivity contribution >= 4 is 15.7 Å². The van der Waals surface area contributed by atoms with Gasteiger partial charge in [0.05, 0.1) is 10.6 Å². The molecule has 1 aromatic carbocycles. The Hall–Kier alpha value is -1.36. The normalized spacial score (nSPS) is 16.5. The summed E-state index contributed by atoms with van der Waals surface area (Å²) in [4.78, 5) is 12.1. The SMILES string of the molecule is CC(C)CC(=O)NCCc1ccc2c(c1)CCCS2(=O)=O. The number of hydrogen-bond donors (Lipinski definition) is 1. The van der Waals surface area contributed by atoms with Gasteiger partial charge in [-0.15, -0.1) is 0 Å². The average molecular weight is 309 g/mol. The lowest BCUT2D eigenvalue weighted by Crippen LogP contribution is -2.26. The van der Waals surface area contributed by atoms with Crippen molar-refractivity contribution in [1.29, 1.82) is 0 Å². The van der Waals surface area contributed by atoms with Crippen molar-refractivity contribution in [2.75, 3.05) is 12.3 Å². The third-order valence-electron chi connectivity index (χ3n) is 3.65. The van der Waals surface area contributed by atoms with Gasteiger partial charge < -0.3 is 5.32 Å². The fourth-order valence-corrected chi connectivity index (χ4v) is 4.22. The van der Waals surface area contributed by atoms with E-state index in [1.165, 1.54) is 0 Å². The summed E-state index contributed by atoms with van der Waals surface area (Å²) in [5.41, 5.74) is 2.00. The largest absolute Gasteiger partial charge is 0.356 e. The van der Waals surface area contributed by atoms with Crippen LogP contribution in [0.2, 0.25) is 0 Å². The Balaban J connectivity index is 1.96. The molecule has 21 heavy (non-hydrogen) atoms. The van der Waals surface area contributed by atoms with Crippen LogP contribution in [0.3, 0.4) is 0 Å². The predicted octanol–water partition coefficient (Wildman–Crippen LogP) is 2.11. The zero-order chi connectivity index (χ0) is 15.5. The topological polar surface area (TPSA) is 63.2 Å². The smallest absolute Gasteiger partial charge is 0.220 e. The summed E-state index contributed by atoms with van der Waals surface area (Å²) in [7, 11) is -3.08. The quantitative estimate of drug-likeness (QED) is 0.906. The summed E-state index contributed by atoms with van der Waals surface area (Å²) in [6.45, 7) is 4.63. The van der Waals surface area contributed by atoms with E-state index >= 15 is 0 Å². The molecule has 2 rings (SSSR count). The Kier molecular flexibility index (Phi) is 5.04. The molecule has 0 atom stereocenters. The summed E-state index contributed by atoms with van der Waals surface area (Å²) in [5.74, 6) is 0.689. The van der Waals surface area contributed by atoms with E-state index in [4.69, 9.17) is 0 Å². The summed E-state index contributed by atoms with van der Waals surface area (Å²) in [6.07, 6.45) is 2.80. The highest BCUT2D eigenvalue weighted by atomic mass is 32.2. The van der Waals surface area contributed by atoms with Crippen LogP contribution < -0.4 is 5.32 Å². The summed E-state index contributed by atoms with van der Waals surface area (Å²) in [5, 5.41) is 2.90. The fraction of sp³-hybridized carbons (Fsp3) is 0.562. The minimum absolute atomic E-state index is 0.0746. The van der Waals surface area contributed by atoms with Gasteiger partial charge in [-0.1, -0.05) is 26.0 Å². The predicted molar refractivity (Wildman–Crippen MR) is 83.0 cm³/mol. The van der Waals surface area contributed by atoms with E-state index in [1.807, 2.05) is 26.0 Å². The molecule has 5 heteroatoms. The molecule has 1 N–H and O–H groups in total. The molecule has 1 aliphatic rings. The molecule has 1 heterocycles. The van der Waals surface area contributed by atoms with Gasteiger partial charge in [-0.3, -0.25) is 4.79 Å². The second-order valence-corrected chi connectivity index (χ2v) is 8.14. The third kappa shape index (κ3) is 4.30. The average Bonchev–Trinajstić information content (AvgIpc) is 2.37. The first-order valence-corrected chi connectivity index (χ1v) is 9.15. The highest BCUT2D eigenvalue weighted by Gasteiger charge is 2.23. The molecule has 0 bridgehead atoms. The summed E-state index contributed by atoms with van der Waals surface area (Å²) in [6, 6.07) is 5.55. The van der Waals surface area contributed by atoms with Crippen LogP contribution in [0.15, 0.2) is 23.1 Å². The van der Waals surface area contributed by atoms with Gasteiger partial charge in [0.1, 0.15) is 0 Å². The Morgan fingerprint density at radius 2 is 2.10 bits per heavy atom. The van der Waals surface area contributed by atoms with E-state index in [9.17, 15) is 13.2 Å². The van der Waals surface area contributed by atoms with Crippen molar-refractivity contribution in [2.45, 2.75) is 44.4 Å². The number of hydrogen-bond acceptors (Lipinski definition) is 3. The fourth-order valence-electron chi connectivity index (χ4n) is 2.64. The number of fused-ring (bicyclic) bond motifs is 1. The van der Waals surface area contributed by atoms with Gasteiger partial charge in [0.25, 0.3) is 0 Å². The van der Waals surface area contributed by atoms with Gasteiger partial charge in [0.2, 0.25) is 5.91 Å². The second-order valence-electron chi connectivity index (χ2n) is 6.06. The van der Waals surface area contributed by atoms with Crippen LogP contribution in [-0.2, 0) is 27.5 Å². The number of aryl methyl sites for hydroxylation is 1. The van der Waals surface area contributed by atoms with E-state index in [-0.39, 0.29) is 11.7 Å². The zero-order valence-corrected chi connectivity index (χ0v) is 13.5. The molecule has 0 aromatic heterocycles. The second kappa shape index (κ2) is 6.60. The third-order valence-corrected chi connectivity index (χ3v) is 5.54. The standard InChI is InChI=1S/C16H23NO3S/c1-12(2)10-16(18)17-8-7-13-5-6-15-14(11-13)4-3-9-21(15,19)20/h5-6,11-12H,3-4,7-10H2,1-2H3,(H,17,18). The van der Waals surface area contributed by atoms with Gasteiger partial charge >= 0.3 is 0 Å². The molecule has 4 nitrogen and oxygen atoms in total. The first-order valence-electron chi connectivity index (χ1n) is 7.50. The summed E-state index contributed by atoms with van der Waals surface area (Å²) >= 11 is 0. The van der Waals surface area contributed by atoms with Crippen LogP contribution in [0.25, 0.3) is 0 Å². The number of carbonyl (C=O) groups is 1. The molecular weight excluding hydrogens is 286 g/mol. The highest BCUT2D eigenvalue weighted by molar-refractivity contribution is 7.91. The maximum absolute atomic E-state index is 11.9. The van der Waals surface area contributed by atoms with Gasteiger partial charge in [0, 0.05) is 13.0 Å². The van der Waals surface area contributed by atoms with E-state index in [2.05, 4.69) is 5.32 Å². The zero-order valence-electron chi connectivity index (χ0n) is 12.7. The maximum atomic E-state index is 11.9. The monoisotopic (exact) mass is 309 g/mol. The first kappa shape index (κ1) is 16.0. The minimum atomic E-state index is -3.08. The first-order chi connectivity index (χ1) is 9.88. The number of benzene rings is 1. The van der Waals surface area contributed by atoms with Crippen LogP contribution in [0.1, 0.15) is 37.8 Å². The van der Waals surface area contributed by atoms with Gasteiger partial charge in [-0.25, -0.2) is 8.42 Å². The Labute approximate surface area is 126 Å². The molecule has 1 aliphatic heterocycles. The van der Waals surface area contributed by atoms with Crippen LogP contribution in [0.4, 0.5) is 0 Å². The highest BCUT2D eigenvalue weighted by Crippen LogP contribution is 2.25. The van der Waals surface area contributed by atoms with Crippen LogP contribution >= 0.6 is 0 Å². The molecule has 0 saturated heterocycles. The number of amides is 1. The van der Waals surface area contributed by atoms with Crippen LogP contribution in [0.5, 0.6) is 0 Å². The number of nitrogens with one attached hydrogen (secondary N) is 1. The van der Waals surface area contributed by atoms with Crippen LogP contribution in [0, 0.1) is 5.92 Å². The lowest BCUT2D eigenvalue weighted by Gasteiger charge is -2.17. The van der Waals surface area contributed by atoms with Crippen molar-refractivity contribution < 1.29 is 13.2 Å². The lowest BCUT2D eigenvalue weighted by molar-refractivity contribution is -0.121. The van der Waals surface area contributed by atoms with Crippen molar-refractivity contribution in [3.63, 3.8) is 0 Å². The molecule has 0 aliphatic carbocycles. The Bertz CT molecular complexity index is 620. The lowest BCUT2D eigenvalue weighted by atomic mass is 10.0. The Morgan fingerprint density at radius 3 is 2.81 bits per heavy atom. The molecule has 0 radical (unpaired) electrons. The molecule has 0 saturated carbocycles. The molecular formula is C16H23NO3S. The van der Waals surface area contributed by atoms with Crippen molar-refractivity contribution in [3.8, 4) is 0 Å². The van der Waals surface area contributed by atoms with Gasteiger partial charge in [0.15, 0.2) is 9.84 Å². The molecule has 0 fully saturated rings.